The van der Waals surface area contributed by atoms with Gasteiger partial charge in [-0.15, -0.1) is 0 Å². The Balaban J connectivity index is 1.93. The Morgan fingerprint density at radius 3 is 2.25 bits per heavy atom. The van der Waals surface area contributed by atoms with Crippen molar-refractivity contribution in [1.29, 1.82) is 0 Å². The fourth-order valence-electron chi connectivity index (χ4n) is 4.04. The van der Waals surface area contributed by atoms with Gasteiger partial charge < -0.3 is 15.1 Å². The first-order chi connectivity index (χ1) is 13.3. The number of rotatable bonds is 11. The number of amides is 1. The molecular formula is C22H31NO5. The molecule has 2 N–H and O–H groups in total. The van der Waals surface area contributed by atoms with E-state index in [0.717, 1.165) is 25.7 Å². The molecule has 154 valence electrons. The van der Waals surface area contributed by atoms with Crippen LogP contribution >= 0.6 is 0 Å². The number of aryl methyl sites for hydroxylation is 1. The van der Waals surface area contributed by atoms with E-state index in [1.807, 2.05) is 25.1 Å². The monoisotopic (exact) mass is 389 g/mol. The van der Waals surface area contributed by atoms with Crippen molar-refractivity contribution < 1.29 is 24.6 Å². The quantitative estimate of drug-likeness (QED) is 0.605. The zero-order valence-electron chi connectivity index (χ0n) is 16.7. The molecule has 0 heterocycles. The summed E-state index contributed by atoms with van der Waals surface area (Å²) >= 11 is 0. The Hall–Kier alpha value is -2.37. The number of nitrogens with zero attached hydrogens (tertiary/aromatic N) is 1. The molecule has 1 aliphatic rings. The molecule has 0 bridgehead atoms. The third-order valence-electron chi connectivity index (χ3n) is 5.64. The molecule has 28 heavy (non-hydrogen) atoms. The van der Waals surface area contributed by atoms with Crippen molar-refractivity contribution in [3.63, 3.8) is 0 Å². The Morgan fingerprint density at radius 1 is 1.11 bits per heavy atom. The van der Waals surface area contributed by atoms with E-state index < -0.39 is 29.7 Å². The molecule has 1 aromatic carbocycles. The Labute approximate surface area is 166 Å². The van der Waals surface area contributed by atoms with Crippen molar-refractivity contribution >= 4 is 17.8 Å². The molecule has 0 aliphatic heterocycles. The van der Waals surface area contributed by atoms with Crippen molar-refractivity contribution in [3.05, 3.63) is 35.9 Å². The predicted octanol–water partition coefficient (Wildman–Crippen LogP) is 3.31. The summed E-state index contributed by atoms with van der Waals surface area (Å²) in [4.78, 5) is 37.4. The molecular weight excluding hydrogens is 358 g/mol. The number of carboxylic acids is 2. The zero-order valence-corrected chi connectivity index (χ0v) is 16.7. The van der Waals surface area contributed by atoms with E-state index in [4.69, 9.17) is 0 Å². The fourth-order valence-corrected chi connectivity index (χ4v) is 4.04. The number of aliphatic carboxylic acids is 2. The maximum absolute atomic E-state index is 13.0. The molecule has 3 atom stereocenters. The maximum atomic E-state index is 13.0. The van der Waals surface area contributed by atoms with Gasteiger partial charge in [-0.25, -0.2) is 0 Å². The van der Waals surface area contributed by atoms with Gasteiger partial charge in [0.25, 0.3) is 0 Å². The predicted molar refractivity (Wildman–Crippen MR) is 106 cm³/mol. The Morgan fingerprint density at radius 2 is 1.71 bits per heavy atom. The summed E-state index contributed by atoms with van der Waals surface area (Å²) < 4.78 is 0. The molecule has 0 saturated heterocycles. The van der Waals surface area contributed by atoms with Gasteiger partial charge in [-0.3, -0.25) is 14.4 Å². The van der Waals surface area contributed by atoms with E-state index in [9.17, 15) is 24.6 Å². The molecule has 1 fully saturated rings. The van der Waals surface area contributed by atoms with Gasteiger partial charge in [-0.2, -0.15) is 0 Å². The maximum Gasteiger partial charge on any atom is 0.307 e. The van der Waals surface area contributed by atoms with Gasteiger partial charge in [-0.1, -0.05) is 44.2 Å². The van der Waals surface area contributed by atoms with Crippen molar-refractivity contribution in [3.8, 4) is 0 Å². The van der Waals surface area contributed by atoms with Crippen LogP contribution in [0.4, 0.5) is 0 Å². The van der Waals surface area contributed by atoms with Crippen molar-refractivity contribution in [2.75, 3.05) is 13.1 Å². The number of benzene rings is 1. The van der Waals surface area contributed by atoms with Crippen LogP contribution in [0.25, 0.3) is 0 Å². The van der Waals surface area contributed by atoms with Gasteiger partial charge in [0, 0.05) is 13.1 Å². The largest absolute Gasteiger partial charge is 0.481 e. The average Bonchev–Trinajstić information content (AvgIpc) is 2.60. The lowest BCUT2D eigenvalue weighted by atomic mass is 9.64. The molecule has 1 amide bonds. The summed E-state index contributed by atoms with van der Waals surface area (Å²) in [5, 5.41) is 18.6. The summed E-state index contributed by atoms with van der Waals surface area (Å²) in [6.07, 6.45) is 3.74. The number of carbonyl (C=O) groups excluding carboxylic acids is 1. The van der Waals surface area contributed by atoms with Gasteiger partial charge in [-0.05, 0) is 43.6 Å². The molecule has 1 aliphatic carbocycles. The van der Waals surface area contributed by atoms with Crippen molar-refractivity contribution in [2.45, 2.75) is 46.0 Å². The van der Waals surface area contributed by atoms with Gasteiger partial charge in [0.2, 0.25) is 5.91 Å². The minimum atomic E-state index is -1.08. The number of hydrogen-bond acceptors (Lipinski definition) is 3. The lowest BCUT2D eigenvalue weighted by Gasteiger charge is -2.41. The van der Waals surface area contributed by atoms with Gasteiger partial charge in [0.1, 0.15) is 0 Å². The van der Waals surface area contributed by atoms with Crippen LogP contribution in [-0.4, -0.2) is 46.0 Å². The standard InChI is InChI=1S/C22H31NO5/c1-3-12-23(14-15(2)8-7-11-16-9-5-4-6-10-16)20(24)19-17(21(25)26)13-18(19)22(27)28/h4-6,9-10,15,17-19H,3,7-8,11-14H2,1-2H3,(H,25,26)(H,27,28). The zero-order chi connectivity index (χ0) is 20.7. The van der Waals surface area contributed by atoms with E-state index in [0.29, 0.717) is 13.1 Å². The summed E-state index contributed by atoms with van der Waals surface area (Å²) in [6.45, 7) is 5.11. The first-order valence-electron chi connectivity index (χ1n) is 10.1. The van der Waals surface area contributed by atoms with Crippen LogP contribution in [-0.2, 0) is 20.8 Å². The van der Waals surface area contributed by atoms with Crippen LogP contribution in [0.15, 0.2) is 30.3 Å². The lowest BCUT2D eigenvalue weighted by Crippen LogP contribution is -2.54. The van der Waals surface area contributed by atoms with Crippen LogP contribution in [0.2, 0.25) is 0 Å². The third kappa shape index (κ3) is 5.57. The highest BCUT2D eigenvalue weighted by Crippen LogP contribution is 2.42. The highest BCUT2D eigenvalue weighted by molar-refractivity contribution is 5.92. The van der Waals surface area contributed by atoms with Crippen LogP contribution < -0.4 is 0 Å². The third-order valence-corrected chi connectivity index (χ3v) is 5.64. The molecule has 3 unspecified atom stereocenters. The molecule has 1 aromatic rings. The Kier molecular flexibility index (Phi) is 8.03. The van der Waals surface area contributed by atoms with Gasteiger partial charge in [0.15, 0.2) is 0 Å². The first kappa shape index (κ1) is 21.9. The van der Waals surface area contributed by atoms with E-state index in [2.05, 4.69) is 19.1 Å². The molecule has 0 radical (unpaired) electrons. The SMILES string of the molecule is CCCN(CC(C)CCCc1ccccc1)C(=O)C1C(C(=O)O)CC1C(=O)O. The number of carbonyl (C=O) groups is 3. The fraction of sp³-hybridized carbons (Fsp3) is 0.591. The summed E-state index contributed by atoms with van der Waals surface area (Å²) in [6, 6.07) is 10.3. The summed E-state index contributed by atoms with van der Waals surface area (Å²) in [5.74, 6) is -4.93. The van der Waals surface area contributed by atoms with Crippen LogP contribution in [0.5, 0.6) is 0 Å². The van der Waals surface area contributed by atoms with Crippen molar-refractivity contribution in [1.82, 2.24) is 4.90 Å². The van der Waals surface area contributed by atoms with Crippen LogP contribution in [0.1, 0.15) is 45.1 Å². The second-order valence-electron chi connectivity index (χ2n) is 7.92. The van der Waals surface area contributed by atoms with E-state index in [1.165, 1.54) is 5.56 Å². The number of hydrogen-bond donors (Lipinski definition) is 2. The first-order valence-corrected chi connectivity index (χ1v) is 10.1. The van der Waals surface area contributed by atoms with Gasteiger partial charge >= 0.3 is 11.9 Å². The number of carboxylic acid groups (broad SMARTS) is 2. The highest BCUT2D eigenvalue weighted by Gasteiger charge is 2.54. The molecule has 6 nitrogen and oxygen atoms in total. The highest BCUT2D eigenvalue weighted by atomic mass is 16.4. The molecule has 1 saturated carbocycles. The lowest BCUT2D eigenvalue weighted by molar-refractivity contribution is -0.171. The Bertz CT molecular complexity index is 655. The van der Waals surface area contributed by atoms with Crippen LogP contribution in [0, 0.1) is 23.7 Å². The smallest absolute Gasteiger partial charge is 0.307 e. The second kappa shape index (κ2) is 10.2. The minimum Gasteiger partial charge on any atom is -0.481 e. The van der Waals surface area contributed by atoms with Crippen molar-refractivity contribution in [2.24, 2.45) is 23.7 Å². The van der Waals surface area contributed by atoms with Gasteiger partial charge in [0.05, 0.1) is 17.8 Å². The van der Waals surface area contributed by atoms with E-state index in [1.54, 1.807) is 4.90 Å². The average molecular weight is 389 g/mol. The van der Waals surface area contributed by atoms with E-state index in [-0.39, 0.29) is 18.2 Å². The molecule has 2 rings (SSSR count). The van der Waals surface area contributed by atoms with Crippen LogP contribution in [0.3, 0.4) is 0 Å². The minimum absolute atomic E-state index is 0.0354. The van der Waals surface area contributed by atoms with E-state index >= 15 is 0 Å². The normalized spacial score (nSPS) is 22.1. The topological polar surface area (TPSA) is 94.9 Å². The second-order valence-corrected chi connectivity index (χ2v) is 7.92. The summed E-state index contributed by atoms with van der Waals surface area (Å²) in [7, 11) is 0. The molecule has 0 spiro atoms. The summed E-state index contributed by atoms with van der Waals surface area (Å²) in [5.41, 5.74) is 1.29. The molecule has 6 heteroatoms. The molecule has 0 aromatic heterocycles.